The van der Waals surface area contributed by atoms with Gasteiger partial charge in [-0.05, 0) is 57.2 Å². The van der Waals surface area contributed by atoms with Crippen molar-refractivity contribution in [3.8, 4) is 0 Å². The van der Waals surface area contributed by atoms with Gasteiger partial charge >= 0.3 is 0 Å². The summed E-state index contributed by atoms with van der Waals surface area (Å²) in [6, 6.07) is 11.1. The molecule has 25 heavy (non-hydrogen) atoms. The summed E-state index contributed by atoms with van der Waals surface area (Å²) in [5.41, 5.74) is 1.19. The van der Waals surface area contributed by atoms with Crippen molar-refractivity contribution in [1.29, 1.82) is 0 Å². The Bertz CT molecular complexity index is 556. The number of benzene rings is 1. The molecule has 1 N–H and O–H groups in total. The third-order valence-electron chi connectivity index (χ3n) is 6.25. The van der Waals surface area contributed by atoms with Gasteiger partial charge in [0.2, 0.25) is 5.91 Å². The van der Waals surface area contributed by atoms with Gasteiger partial charge in [0, 0.05) is 26.3 Å². The van der Waals surface area contributed by atoms with Gasteiger partial charge in [0.1, 0.15) is 0 Å². The van der Waals surface area contributed by atoms with Crippen LogP contribution in [-0.4, -0.2) is 44.7 Å². The minimum atomic E-state index is -0.168. The molecular formula is C21H32N2O2. The van der Waals surface area contributed by atoms with Crippen LogP contribution in [-0.2, 0) is 9.53 Å². The predicted molar refractivity (Wildman–Crippen MR) is 100 cm³/mol. The zero-order chi connectivity index (χ0) is 17.7. The molecule has 0 bridgehead atoms. The highest BCUT2D eigenvalue weighted by atomic mass is 16.5. The largest absolute Gasteiger partial charge is 0.385 e. The average molecular weight is 344 g/mol. The molecule has 1 aliphatic heterocycles. The molecule has 2 fully saturated rings. The number of rotatable bonds is 7. The van der Waals surface area contributed by atoms with E-state index in [1.165, 1.54) is 18.4 Å². The van der Waals surface area contributed by atoms with E-state index in [0.717, 1.165) is 38.8 Å². The number of ether oxygens (including phenoxy) is 1. The van der Waals surface area contributed by atoms with Gasteiger partial charge in [0.15, 0.2) is 0 Å². The Balaban J connectivity index is 1.63. The fourth-order valence-corrected chi connectivity index (χ4v) is 4.55. The maximum atomic E-state index is 12.8. The van der Waals surface area contributed by atoms with E-state index < -0.39 is 0 Å². The molecule has 3 rings (SSSR count). The summed E-state index contributed by atoms with van der Waals surface area (Å²) in [5, 5.41) is 3.30. The molecule has 1 aliphatic carbocycles. The molecule has 1 saturated heterocycles. The lowest BCUT2D eigenvalue weighted by Gasteiger charge is -2.42. The molecule has 0 spiro atoms. The van der Waals surface area contributed by atoms with Crippen molar-refractivity contribution in [3.63, 3.8) is 0 Å². The lowest BCUT2D eigenvalue weighted by atomic mass is 9.66. The zero-order valence-corrected chi connectivity index (χ0v) is 15.7. The van der Waals surface area contributed by atoms with Crippen molar-refractivity contribution in [1.82, 2.24) is 10.2 Å². The quantitative estimate of drug-likeness (QED) is 0.824. The van der Waals surface area contributed by atoms with Crippen LogP contribution >= 0.6 is 0 Å². The third kappa shape index (κ3) is 4.06. The first-order valence-corrected chi connectivity index (χ1v) is 9.69. The Labute approximate surface area is 151 Å². The minimum Gasteiger partial charge on any atom is -0.385 e. The second-order valence-corrected chi connectivity index (χ2v) is 7.83. The van der Waals surface area contributed by atoms with Crippen LogP contribution in [0.25, 0.3) is 0 Å². The molecule has 1 amide bonds. The molecule has 0 aromatic heterocycles. The average Bonchev–Trinajstić information content (AvgIpc) is 2.60. The fourth-order valence-electron chi connectivity index (χ4n) is 4.55. The second kappa shape index (κ2) is 8.33. The van der Waals surface area contributed by atoms with Gasteiger partial charge in [-0.3, -0.25) is 9.69 Å². The Morgan fingerprint density at radius 1 is 1.28 bits per heavy atom. The lowest BCUT2D eigenvalue weighted by molar-refractivity contribution is -0.137. The topological polar surface area (TPSA) is 41.6 Å². The second-order valence-electron chi connectivity index (χ2n) is 7.83. The molecule has 138 valence electrons. The van der Waals surface area contributed by atoms with Crippen molar-refractivity contribution in [3.05, 3.63) is 35.9 Å². The number of carbonyl (C=O) groups excluding carboxylic acids is 1. The highest BCUT2D eigenvalue weighted by molar-refractivity contribution is 5.83. The van der Waals surface area contributed by atoms with E-state index >= 15 is 0 Å². The van der Waals surface area contributed by atoms with Crippen molar-refractivity contribution in [2.75, 3.05) is 33.9 Å². The maximum absolute atomic E-state index is 12.8. The number of hydrogen-bond acceptors (Lipinski definition) is 3. The van der Waals surface area contributed by atoms with Gasteiger partial charge in [-0.25, -0.2) is 0 Å². The molecule has 2 aliphatic rings. The Morgan fingerprint density at radius 2 is 2.04 bits per heavy atom. The first kappa shape index (κ1) is 18.4. The smallest absolute Gasteiger partial charge is 0.226 e. The molecule has 0 radical (unpaired) electrons. The molecule has 4 heteroatoms. The summed E-state index contributed by atoms with van der Waals surface area (Å²) in [6.45, 7) is 2.57. The van der Waals surface area contributed by atoms with E-state index in [1.54, 1.807) is 7.11 Å². The SMILES string of the molecule is COCCC1(C(=O)NC[C@H]2CCCN(C)[C@@H]2c2ccccc2)CCC1. The van der Waals surface area contributed by atoms with Crippen LogP contribution in [0.15, 0.2) is 30.3 Å². The monoisotopic (exact) mass is 344 g/mol. The Morgan fingerprint density at radius 3 is 2.68 bits per heavy atom. The van der Waals surface area contributed by atoms with Crippen LogP contribution in [0, 0.1) is 11.3 Å². The number of nitrogens with one attached hydrogen (secondary N) is 1. The van der Waals surface area contributed by atoms with E-state index in [1.807, 2.05) is 0 Å². The van der Waals surface area contributed by atoms with Gasteiger partial charge in [-0.15, -0.1) is 0 Å². The predicted octanol–water partition coefficient (Wildman–Crippen LogP) is 3.39. The van der Waals surface area contributed by atoms with Crippen molar-refractivity contribution in [2.45, 2.75) is 44.6 Å². The van der Waals surface area contributed by atoms with Crippen LogP contribution in [0.1, 0.15) is 50.1 Å². The maximum Gasteiger partial charge on any atom is 0.226 e. The number of methoxy groups -OCH3 is 1. The highest BCUT2D eigenvalue weighted by Gasteiger charge is 2.43. The molecular weight excluding hydrogens is 312 g/mol. The molecule has 1 aromatic rings. The number of likely N-dealkylation sites (tertiary alicyclic amines) is 1. The summed E-state index contributed by atoms with van der Waals surface area (Å²) < 4.78 is 5.22. The highest BCUT2D eigenvalue weighted by Crippen LogP contribution is 2.44. The van der Waals surface area contributed by atoms with Crippen molar-refractivity contribution >= 4 is 5.91 Å². The summed E-state index contributed by atoms with van der Waals surface area (Å²) >= 11 is 0. The fraction of sp³-hybridized carbons (Fsp3) is 0.667. The van der Waals surface area contributed by atoms with Crippen LogP contribution in [0.3, 0.4) is 0 Å². The minimum absolute atomic E-state index is 0.168. The van der Waals surface area contributed by atoms with Gasteiger partial charge in [0.05, 0.1) is 5.41 Å². The van der Waals surface area contributed by atoms with Crippen LogP contribution < -0.4 is 5.32 Å². The molecule has 1 heterocycles. The van der Waals surface area contributed by atoms with Crippen LogP contribution in [0.5, 0.6) is 0 Å². The molecule has 1 saturated carbocycles. The van der Waals surface area contributed by atoms with E-state index in [4.69, 9.17) is 4.74 Å². The van der Waals surface area contributed by atoms with Gasteiger partial charge in [-0.2, -0.15) is 0 Å². The molecule has 1 aromatic carbocycles. The Hall–Kier alpha value is -1.39. The zero-order valence-electron chi connectivity index (χ0n) is 15.7. The number of piperidine rings is 1. The first-order valence-electron chi connectivity index (χ1n) is 9.69. The number of amides is 1. The molecule has 4 nitrogen and oxygen atoms in total. The normalized spacial score (nSPS) is 26.0. The van der Waals surface area contributed by atoms with Crippen molar-refractivity contribution < 1.29 is 9.53 Å². The van der Waals surface area contributed by atoms with Gasteiger partial charge in [0.25, 0.3) is 0 Å². The van der Waals surface area contributed by atoms with E-state index in [-0.39, 0.29) is 11.3 Å². The summed E-state index contributed by atoms with van der Waals surface area (Å²) in [5.74, 6) is 0.723. The van der Waals surface area contributed by atoms with Gasteiger partial charge < -0.3 is 10.1 Å². The summed E-state index contributed by atoms with van der Waals surface area (Å²) in [6.07, 6.45) is 6.41. The van der Waals surface area contributed by atoms with E-state index in [9.17, 15) is 4.79 Å². The first-order chi connectivity index (χ1) is 12.2. The molecule has 0 unspecified atom stereocenters. The van der Waals surface area contributed by atoms with E-state index in [0.29, 0.717) is 18.6 Å². The lowest BCUT2D eigenvalue weighted by Crippen LogP contribution is -2.49. The number of hydrogen-bond donors (Lipinski definition) is 1. The summed E-state index contributed by atoms with van der Waals surface area (Å²) in [4.78, 5) is 15.3. The molecule has 2 atom stereocenters. The van der Waals surface area contributed by atoms with Crippen LogP contribution in [0.2, 0.25) is 0 Å². The van der Waals surface area contributed by atoms with E-state index in [2.05, 4.69) is 47.6 Å². The standard InChI is InChI=1S/C21H32N2O2/c1-23-14-6-10-18(19(23)17-8-4-3-5-9-17)16-22-20(24)21(11-7-12-21)13-15-25-2/h3-5,8-9,18-19H,6-7,10-16H2,1-2H3,(H,22,24)/t18-,19-/m1/s1. The number of nitrogens with zero attached hydrogens (tertiary/aromatic N) is 1. The van der Waals surface area contributed by atoms with Crippen molar-refractivity contribution in [2.24, 2.45) is 11.3 Å². The summed E-state index contributed by atoms with van der Waals surface area (Å²) in [7, 11) is 3.92. The third-order valence-corrected chi connectivity index (χ3v) is 6.25. The Kier molecular flexibility index (Phi) is 6.13. The number of carbonyl (C=O) groups is 1. The van der Waals surface area contributed by atoms with Gasteiger partial charge in [-0.1, -0.05) is 36.8 Å². The van der Waals surface area contributed by atoms with Crippen LogP contribution in [0.4, 0.5) is 0 Å².